The summed E-state index contributed by atoms with van der Waals surface area (Å²) in [5, 5.41) is 19.6. The maximum Gasteiger partial charge on any atom is 0.303 e. The van der Waals surface area contributed by atoms with Gasteiger partial charge in [-0.15, -0.1) is 0 Å². The number of benzene rings is 2. The molecule has 3 heteroatoms. The minimum Gasteiger partial charge on any atom is -0.507 e. The number of carbonyl (C=O) groups is 1. The molecule has 1 atom stereocenters. The smallest absolute Gasteiger partial charge is 0.303 e. The van der Waals surface area contributed by atoms with Gasteiger partial charge >= 0.3 is 5.97 Å². The van der Waals surface area contributed by atoms with Crippen LogP contribution in [0.1, 0.15) is 65.8 Å². The van der Waals surface area contributed by atoms with E-state index in [0.717, 1.165) is 41.5 Å². The number of unbranched alkanes of at least 4 members (excludes halogenated alkanes) is 2. The van der Waals surface area contributed by atoms with Gasteiger partial charge in [0.25, 0.3) is 0 Å². The van der Waals surface area contributed by atoms with Gasteiger partial charge in [-0.3, -0.25) is 4.79 Å². The van der Waals surface area contributed by atoms with E-state index in [4.69, 9.17) is 5.11 Å². The Balaban J connectivity index is 2.27. The van der Waals surface area contributed by atoms with Crippen LogP contribution in [-0.4, -0.2) is 16.2 Å². The molecule has 3 nitrogen and oxygen atoms in total. The molecule has 0 spiro atoms. The van der Waals surface area contributed by atoms with Crippen LogP contribution in [0.2, 0.25) is 0 Å². The number of phenolic OH excluding ortho intramolecular Hbond substituents is 1. The van der Waals surface area contributed by atoms with Crippen molar-refractivity contribution in [1.82, 2.24) is 0 Å². The third-order valence-electron chi connectivity index (χ3n) is 4.99. The van der Waals surface area contributed by atoms with Crippen LogP contribution in [0.25, 0.3) is 0 Å². The van der Waals surface area contributed by atoms with Gasteiger partial charge < -0.3 is 10.2 Å². The molecule has 0 saturated carbocycles. The minimum atomic E-state index is -0.734. The predicted molar refractivity (Wildman–Crippen MR) is 101 cm³/mol. The van der Waals surface area contributed by atoms with Crippen molar-refractivity contribution in [1.29, 1.82) is 0 Å². The molecule has 0 fully saturated rings. The topological polar surface area (TPSA) is 57.5 Å². The minimum absolute atomic E-state index is 0.130. The predicted octanol–water partition coefficient (Wildman–Crippen LogP) is 5.48. The Morgan fingerprint density at radius 1 is 1.00 bits per heavy atom. The third kappa shape index (κ3) is 4.85. The Morgan fingerprint density at radius 2 is 1.68 bits per heavy atom. The molecule has 0 aliphatic heterocycles. The number of hydrogen-bond donors (Lipinski definition) is 2. The third-order valence-corrected chi connectivity index (χ3v) is 4.99. The van der Waals surface area contributed by atoms with Crippen LogP contribution >= 0.6 is 0 Å². The number of hydrogen-bond acceptors (Lipinski definition) is 2. The van der Waals surface area contributed by atoms with Gasteiger partial charge in [0.15, 0.2) is 0 Å². The van der Waals surface area contributed by atoms with Crippen molar-refractivity contribution in [2.75, 3.05) is 0 Å². The van der Waals surface area contributed by atoms with Gasteiger partial charge in [0.05, 0.1) is 0 Å². The van der Waals surface area contributed by atoms with Crippen LogP contribution in [0.4, 0.5) is 0 Å². The lowest BCUT2D eigenvalue weighted by molar-refractivity contribution is -0.137. The van der Waals surface area contributed by atoms with Crippen molar-refractivity contribution in [3.8, 4) is 5.75 Å². The number of carboxylic acids is 1. The molecule has 2 aromatic rings. The first-order valence-electron chi connectivity index (χ1n) is 8.98. The monoisotopic (exact) mass is 340 g/mol. The largest absolute Gasteiger partial charge is 0.507 e. The lowest BCUT2D eigenvalue weighted by Crippen LogP contribution is -2.06. The van der Waals surface area contributed by atoms with Crippen molar-refractivity contribution >= 4 is 5.97 Å². The van der Waals surface area contributed by atoms with Gasteiger partial charge in [-0.05, 0) is 55.9 Å². The average molecular weight is 340 g/mol. The number of phenols is 1. The molecule has 0 aliphatic rings. The van der Waals surface area contributed by atoms with Gasteiger partial charge in [0.2, 0.25) is 0 Å². The Kier molecular flexibility index (Phi) is 6.63. The fourth-order valence-corrected chi connectivity index (χ4v) is 3.49. The molecular weight excluding hydrogens is 312 g/mol. The van der Waals surface area contributed by atoms with E-state index < -0.39 is 5.97 Å². The van der Waals surface area contributed by atoms with Crippen molar-refractivity contribution < 1.29 is 15.0 Å². The van der Waals surface area contributed by atoms with Crippen molar-refractivity contribution in [2.24, 2.45) is 0 Å². The molecule has 25 heavy (non-hydrogen) atoms. The van der Waals surface area contributed by atoms with Gasteiger partial charge in [0, 0.05) is 17.9 Å². The highest BCUT2D eigenvalue weighted by Crippen LogP contribution is 2.40. The zero-order valence-corrected chi connectivity index (χ0v) is 15.4. The molecule has 2 aromatic carbocycles. The quantitative estimate of drug-likeness (QED) is 0.625. The Hall–Kier alpha value is -2.29. The number of aliphatic carboxylic acids is 1. The van der Waals surface area contributed by atoms with Crippen LogP contribution in [0.5, 0.6) is 5.75 Å². The highest BCUT2D eigenvalue weighted by molar-refractivity contribution is 5.66. The molecule has 0 heterocycles. The molecule has 2 rings (SSSR count). The summed E-state index contributed by atoms with van der Waals surface area (Å²) in [6.45, 7) is 6.04. The van der Waals surface area contributed by atoms with Crippen LogP contribution in [-0.2, 0) is 4.79 Å². The SMILES string of the molecule is Cc1cc(C)c(C(CCCCCC(=O)O)c2ccccc2)c(O)c1C. The summed E-state index contributed by atoms with van der Waals surface area (Å²) in [6.07, 6.45) is 3.66. The summed E-state index contributed by atoms with van der Waals surface area (Å²) < 4.78 is 0. The number of carboxylic acid groups (broad SMARTS) is 1. The van der Waals surface area contributed by atoms with Gasteiger partial charge in [-0.1, -0.05) is 49.2 Å². The standard InChI is InChI=1S/C22H28O3/c1-15-14-16(2)21(22(25)17(15)3)19(18-10-6-4-7-11-18)12-8-5-9-13-20(23)24/h4,6-7,10-11,14,19,25H,5,8-9,12-13H2,1-3H3,(H,23,24). The second-order valence-corrected chi connectivity index (χ2v) is 6.85. The molecule has 0 aromatic heterocycles. The second-order valence-electron chi connectivity index (χ2n) is 6.85. The molecular formula is C22H28O3. The van der Waals surface area contributed by atoms with Gasteiger partial charge in [-0.25, -0.2) is 0 Å². The van der Waals surface area contributed by atoms with Crippen LogP contribution in [0, 0.1) is 20.8 Å². The lowest BCUT2D eigenvalue weighted by atomic mass is 9.82. The van der Waals surface area contributed by atoms with E-state index in [1.807, 2.05) is 32.0 Å². The van der Waals surface area contributed by atoms with Crippen molar-refractivity contribution in [3.63, 3.8) is 0 Å². The Bertz CT molecular complexity index is 720. The van der Waals surface area contributed by atoms with Gasteiger partial charge in [-0.2, -0.15) is 0 Å². The highest BCUT2D eigenvalue weighted by atomic mass is 16.4. The average Bonchev–Trinajstić information content (AvgIpc) is 2.58. The summed E-state index contributed by atoms with van der Waals surface area (Å²) in [6, 6.07) is 12.4. The Labute approximate surface area is 150 Å². The maximum atomic E-state index is 10.8. The fourth-order valence-electron chi connectivity index (χ4n) is 3.49. The molecule has 0 radical (unpaired) electrons. The molecule has 0 aliphatic carbocycles. The van der Waals surface area contributed by atoms with E-state index in [9.17, 15) is 9.90 Å². The molecule has 0 bridgehead atoms. The van der Waals surface area contributed by atoms with Crippen LogP contribution < -0.4 is 0 Å². The zero-order chi connectivity index (χ0) is 18.4. The van der Waals surface area contributed by atoms with Crippen molar-refractivity contribution in [3.05, 3.63) is 64.2 Å². The molecule has 1 unspecified atom stereocenters. The number of aromatic hydroxyl groups is 1. The van der Waals surface area contributed by atoms with E-state index in [-0.39, 0.29) is 12.3 Å². The summed E-state index contributed by atoms with van der Waals surface area (Å²) in [5.41, 5.74) is 5.36. The summed E-state index contributed by atoms with van der Waals surface area (Å²) in [5.74, 6) is -0.204. The molecule has 0 amide bonds. The Morgan fingerprint density at radius 3 is 2.32 bits per heavy atom. The lowest BCUT2D eigenvalue weighted by Gasteiger charge is -2.23. The molecule has 2 N–H and O–H groups in total. The van der Waals surface area contributed by atoms with E-state index in [1.54, 1.807) is 0 Å². The van der Waals surface area contributed by atoms with E-state index >= 15 is 0 Å². The van der Waals surface area contributed by atoms with E-state index in [2.05, 4.69) is 25.1 Å². The summed E-state index contributed by atoms with van der Waals surface area (Å²) >= 11 is 0. The van der Waals surface area contributed by atoms with Gasteiger partial charge in [0.1, 0.15) is 5.75 Å². The zero-order valence-electron chi connectivity index (χ0n) is 15.4. The number of rotatable bonds is 8. The van der Waals surface area contributed by atoms with Crippen molar-refractivity contribution in [2.45, 2.75) is 58.8 Å². The maximum absolute atomic E-state index is 10.8. The fraction of sp³-hybridized carbons (Fsp3) is 0.409. The highest BCUT2D eigenvalue weighted by Gasteiger charge is 2.21. The van der Waals surface area contributed by atoms with E-state index in [0.29, 0.717) is 12.2 Å². The first-order valence-corrected chi connectivity index (χ1v) is 8.98. The second kappa shape index (κ2) is 8.70. The first-order chi connectivity index (χ1) is 11.9. The van der Waals surface area contributed by atoms with Crippen LogP contribution in [0.3, 0.4) is 0 Å². The van der Waals surface area contributed by atoms with E-state index in [1.165, 1.54) is 5.56 Å². The summed E-state index contributed by atoms with van der Waals surface area (Å²) in [7, 11) is 0. The van der Waals surface area contributed by atoms with Crippen LogP contribution in [0.15, 0.2) is 36.4 Å². The molecule has 134 valence electrons. The first kappa shape index (κ1) is 19.0. The summed E-state index contributed by atoms with van der Waals surface area (Å²) in [4.78, 5) is 10.7. The normalized spacial score (nSPS) is 12.1. The number of aryl methyl sites for hydroxylation is 2. The molecule has 0 saturated heterocycles.